The molecule has 0 aromatic carbocycles. The van der Waals surface area contributed by atoms with Crippen LogP contribution in [0.1, 0.15) is 10.7 Å². The zero-order valence-corrected chi connectivity index (χ0v) is 11.5. The van der Waals surface area contributed by atoms with E-state index in [2.05, 4.69) is 15.7 Å². The fraction of sp³-hybridized carbons (Fsp3) is 0.600. The molecule has 0 radical (unpaired) electrons. The van der Waals surface area contributed by atoms with E-state index in [0.717, 1.165) is 28.9 Å². The number of nitrogens with zero attached hydrogens (tertiary/aromatic N) is 2. The first-order valence-corrected chi connectivity index (χ1v) is 6.31. The highest BCUT2D eigenvalue weighted by atomic mass is 32.1. The number of thiocarbonyl (C=S) groups is 1. The summed E-state index contributed by atoms with van der Waals surface area (Å²) in [4.78, 5) is 6.37. The predicted molar refractivity (Wildman–Crippen MR) is 70.8 cm³/mol. The topological polar surface area (TPSA) is 37.4 Å². The van der Waals surface area contributed by atoms with Crippen molar-refractivity contribution in [3.05, 3.63) is 16.1 Å². The molecular formula is C10H17N3OS2. The lowest BCUT2D eigenvalue weighted by molar-refractivity contribution is 0.203. The molecule has 1 aromatic rings. The summed E-state index contributed by atoms with van der Waals surface area (Å²) in [5.41, 5.74) is 1.06. The molecule has 4 nitrogen and oxygen atoms in total. The standard InChI is InChI=1S/C10H17N3OS2/c1-8-12-9(7-16-8)6-13(2)10(15)11-4-5-14-3/h7H,4-6H2,1-3H3,(H,11,15). The Bertz CT molecular complexity index is 341. The second-order valence-electron chi connectivity index (χ2n) is 3.44. The van der Waals surface area contributed by atoms with Gasteiger partial charge < -0.3 is 15.0 Å². The summed E-state index contributed by atoms with van der Waals surface area (Å²) < 4.78 is 4.94. The zero-order valence-electron chi connectivity index (χ0n) is 9.82. The number of hydrogen-bond acceptors (Lipinski definition) is 4. The second-order valence-corrected chi connectivity index (χ2v) is 4.89. The minimum atomic E-state index is 0.657. The van der Waals surface area contributed by atoms with Gasteiger partial charge in [0, 0.05) is 26.1 Å². The second kappa shape index (κ2) is 6.78. The molecular weight excluding hydrogens is 242 g/mol. The summed E-state index contributed by atoms with van der Waals surface area (Å²) in [5, 5.41) is 6.99. The van der Waals surface area contributed by atoms with Gasteiger partial charge in [-0.3, -0.25) is 0 Å². The van der Waals surface area contributed by atoms with Crippen molar-refractivity contribution in [2.24, 2.45) is 0 Å². The van der Waals surface area contributed by atoms with E-state index in [1.165, 1.54) is 0 Å². The van der Waals surface area contributed by atoms with E-state index in [0.29, 0.717) is 6.61 Å². The molecule has 1 heterocycles. The molecule has 0 aliphatic carbocycles. The molecule has 0 spiro atoms. The van der Waals surface area contributed by atoms with Crippen molar-refractivity contribution in [3.63, 3.8) is 0 Å². The molecule has 1 rings (SSSR count). The van der Waals surface area contributed by atoms with Crippen LogP contribution < -0.4 is 5.32 Å². The third-order valence-corrected chi connectivity index (χ3v) is 3.27. The molecule has 0 atom stereocenters. The lowest BCUT2D eigenvalue weighted by Crippen LogP contribution is -2.38. The van der Waals surface area contributed by atoms with E-state index in [1.807, 2.05) is 18.9 Å². The number of aryl methyl sites for hydroxylation is 1. The molecule has 0 bridgehead atoms. The molecule has 0 fully saturated rings. The van der Waals surface area contributed by atoms with Crippen LogP contribution in [0.3, 0.4) is 0 Å². The molecule has 16 heavy (non-hydrogen) atoms. The normalized spacial score (nSPS) is 10.2. The Balaban J connectivity index is 2.34. The maximum Gasteiger partial charge on any atom is 0.169 e. The van der Waals surface area contributed by atoms with Gasteiger partial charge in [-0.25, -0.2) is 4.98 Å². The SMILES string of the molecule is COCCNC(=S)N(C)Cc1csc(C)n1. The van der Waals surface area contributed by atoms with Gasteiger partial charge in [0.15, 0.2) is 5.11 Å². The van der Waals surface area contributed by atoms with E-state index < -0.39 is 0 Å². The minimum absolute atomic E-state index is 0.657. The lowest BCUT2D eigenvalue weighted by Gasteiger charge is -2.19. The van der Waals surface area contributed by atoms with Crippen molar-refractivity contribution in [1.29, 1.82) is 0 Å². The van der Waals surface area contributed by atoms with Gasteiger partial charge in [-0.05, 0) is 19.1 Å². The summed E-state index contributed by atoms with van der Waals surface area (Å²) >= 11 is 6.89. The molecule has 0 saturated carbocycles. The number of aromatic nitrogens is 1. The van der Waals surface area contributed by atoms with E-state index in [-0.39, 0.29) is 0 Å². The molecule has 1 aromatic heterocycles. The number of hydrogen-bond donors (Lipinski definition) is 1. The van der Waals surface area contributed by atoms with Crippen molar-refractivity contribution < 1.29 is 4.74 Å². The Morgan fingerprint density at radius 1 is 1.69 bits per heavy atom. The highest BCUT2D eigenvalue weighted by Gasteiger charge is 2.06. The Kier molecular flexibility index (Phi) is 5.65. The van der Waals surface area contributed by atoms with Crippen LogP contribution in [-0.4, -0.2) is 42.3 Å². The van der Waals surface area contributed by atoms with Crippen LogP contribution in [0.15, 0.2) is 5.38 Å². The van der Waals surface area contributed by atoms with E-state index in [1.54, 1.807) is 18.4 Å². The highest BCUT2D eigenvalue weighted by molar-refractivity contribution is 7.80. The van der Waals surface area contributed by atoms with Crippen LogP contribution in [0.5, 0.6) is 0 Å². The maximum atomic E-state index is 5.23. The molecule has 0 aliphatic rings. The van der Waals surface area contributed by atoms with Crippen LogP contribution in [-0.2, 0) is 11.3 Å². The summed E-state index contributed by atoms with van der Waals surface area (Å²) in [6.45, 7) is 4.13. The first-order chi connectivity index (χ1) is 7.63. The minimum Gasteiger partial charge on any atom is -0.383 e. The number of nitrogens with one attached hydrogen (secondary N) is 1. The van der Waals surface area contributed by atoms with E-state index in [9.17, 15) is 0 Å². The van der Waals surface area contributed by atoms with Gasteiger partial charge in [0.25, 0.3) is 0 Å². The van der Waals surface area contributed by atoms with Crippen molar-refractivity contribution >= 4 is 28.7 Å². The van der Waals surface area contributed by atoms with Crippen LogP contribution in [0, 0.1) is 6.92 Å². The largest absolute Gasteiger partial charge is 0.383 e. The van der Waals surface area contributed by atoms with Gasteiger partial charge in [-0.2, -0.15) is 0 Å². The van der Waals surface area contributed by atoms with Crippen molar-refractivity contribution in [3.8, 4) is 0 Å². The van der Waals surface area contributed by atoms with Gasteiger partial charge in [0.1, 0.15) is 0 Å². The lowest BCUT2D eigenvalue weighted by atomic mass is 10.4. The first-order valence-electron chi connectivity index (χ1n) is 5.02. The van der Waals surface area contributed by atoms with Crippen LogP contribution in [0.25, 0.3) is 0 Å². The summed E-state index contributed by atoms with van der Waals surface area (Å²) in [6.07, 6.45) is 0. The number of rotatable bonds is 5. The molecule has 0 unspecified atom stereocenters. The average Bonchev–Trinajstić information content (AvgIpc) is 2.64. The Labute approximate surface area is 106 Å². The molecule has 0 aliphatic heterocycles. The molecule has 90 valence electrons. The summed E-state index contributed by atoms with van der Waals surface area (Å²) in [7, 11) is 3.63. The maximum absolute atomic E-state index is 5.23. The Morgan fingerprint density at radius 3 is 3.00 bits per heavy atom. The van der Waals surface area contributed by atoms with Crippen molar-refractivity contribution in [2.45, 2.75) is 13.5 Å². The van der Waals surface area contributed by atoms with Gasteiger partial charge in [-0.1, -0.05) is 0 Å². The number of ether oxygens (including phenoxy) is 1. The average molecular weight is 259 g/mol. The Hall–Kier alpha value is -0.720. The van der Waals surface area contributed by atoms with Gasteiger partial charge in [0.05, 0.1) is 23.9 Å². The predicted octanol–water partition coefficient (Wildman–Crippen LogP) is 1.40. The van der Waals surface area contributed by atoms with E-state index in [4.69, 9.17) is 17.0 Å². The van der Waals surface area contributed by atoms with Gasteiger partial charge in [-0.15, -0.1) is 11.3 Å². The third kappa shape index (κ3) is 4.42. The fourth-order valence-electron chi connectivity index (χ4n) is 1.19. The smallest absolute Gasteiger partial charge is 0.169 e. The zero-order chi connectivity index (χ0) is 12.0. The van der Waals surface area contributed by atoms with Crippen LogP contribution >= 0.6 is 23.6 Å². The monoisotopic (exact) mass is 259 g/mol. The number of methoxy groups -OCH3 is 1. The summed E-state index contributed by atoms with van der Waals surface area (Å²) in [5.74, 6) is 0. The highest BCUT2D eigenvalue weighted by Crippen LogP contribution is 2.09. The summed E-state index contributed by atoms with van der Waals surface area (Å²) in [6, 6.07) is 0. The molecule has 0 amide bonds. The Morgan fingerprint density at radius 2 is 2.44 bits per heavy atom. The quantitative estimate of drug-likeness (QED) is 0.639. The van der Waals surface area contributed by atoms with Crippen LogP contribution in [0.4, 0.5) is 0 Å². The van der Waals surface area contributed by atoms with Crippen molar-refractivity contribution in [2.75, 3.05) is 27.3 Å². The van der Waals surface area contributed by atoms with E-state index >= 15 is 0 Å². The fourth-order valence-corrected chi connectivity index (χ4v) is 1.96. The van der Waals surface area contributed by atoms with Gasteiger partial charge in [0.2, 0.25) is 0 Å². The van der Waals surface area contributed by atoms with Crippen LogP contribution in [0.2, 0.25) is 0 Å². The van der Waals surface area contributed by atoms with Crippen molar-refractivity contribution in [1.82, 2.24) is 15.2 Å². The number of thiazole rings is 1. The third-order valence-electron chi connectivity index (χ3n) is 1.99. The van der Waals surface area contributed by atoms with Gasteiger partial charge >= 0.3 is 0 Å². The first kappa shape index (κ1) is 13.3. The molecule has 6 heteroatoms. The molecule has 1 N–H and O–H groups in total. The molecule has 0 saturated heterocycles.